The fourth-order valence-corrected chi connectivity index (χ4v) is 11.4. The molecule has 1 aliphatic rings. The summed E-state index contributed by atoms with van der Waals surface area (Å²) in [6, 6.07) is 32.9. The summed E-state index contributed by atoms with van der Waals surface area (Å²) in [5.41, 5.74) is 1.84. The Hall–Kier alpha value is -1.47. The minimum absolute atomic E-state index is 0. The molecular formula is C46H100Si4. The molecule has 0 aromatic heterocycles. The van der Waals surface area contributed by atoms with Gasteiger partial charge in [0.15, 0.2) is 0 Å². The van der Waals surface area contributed by atoms with Crippen molar-refractivity contribution in [2.45, 2.75) is 188 Å². The number of rotatable bonds is 5. The van der Waals surface area contributed by atoms with E-state index in [1.807, 2.05) is 0 Å². The first kappa shape index (κ1) is 66.7. The Balaban J connectivity index is -0.0000000650. The maximum atomic E-state index is 2.55. The van der Waals surface area contributed by atoms with E-state index in [0.29, 0.717) is 0 Å². The summed E-state index contributed by atoms with van der Waals surface area (Å²) in [6.45, 7) is 31.0. The predicted octanol–water partition coefficient (Wildman–Crippen LogP) is 16.5. The molecule has 4 rings (SSSR count). The molecule has 50 heavy (non-hydrogen) atoms. The van der Waals surface area contributed by atoms with Crippen molar-refractivity contribution in [2.24, 2.45) is 0 Å². The SMILES string of the molecule is C.C.C.C.C.C.C.C.CC(C)[Si](C)(C)c1ccccc1.C[Si](C)(C)C.C[Si](C)(C)c1ccccc1.C[Si](C)(c1ccccc1)C1CCCCC1.[HH]. The van der Waals surface area contributed by atoms with Crippen LogP contribution in [0.25, 0.3) is 0 Å². The smallest absolute Gasteiger partial charge is 0.0776 e. The van der Waals surface area contributed by atoms with E-state index in [1.54, 1.807) is 10.4 Å². The molecule has 1 aliphatic carbocycles. The highest BCUT2D eigenvalue weighted by Crippen LogP contribution is 2.36. The topological polar surface area (TPSA) is 0 Å². The molecule has 0 N–H and O–H groups in total. The molecule has 0 atom stereocenters. The summed E-state index contributed by atoms with van der Waals surface area (Å²) < 4.78 is 0. The van der Waals surface area contributed by atoms with E-state index >= 15 is 0 Å². The molecule has 0 nitrogen and oxygen atoms in total. The van der Waals surface area contributed by atoms with Gasteiger partial charge in [0.05, 0.1) is 24.2 Å². The van der Waals surface area contributed by atoms with Crippen molar-refractivity contribution in [3.8, 4) is 0 Å². The second kappa shape index (κ2) is 31.1. The third-order valence-corrected chi connectivity index (χ3v) is 20.0. The van der Waals surface area contributed by atoms with Crippen molar-refractivity contribution in [3.63, 3.8) is 0 Å². The van der Waals surface area contributed by atoms with Gasteiger partial charge >= 0.3 is 0 Å². The van der Waals surface area contributed by atoms with Crippen LogP contribution in [-0.2, 0) is 0 Å². The highest BCUT2D eigenvalue weighted by Gasteiger charge is 2.33. The molecule has 0 amide bonds. The maximum absolute atomic E-state index is 2.55. The minimum Gasteiger partial charge on any atom is -0.0776 e. The average Bonchev–Trinajstić information content (AvgIpc) is 2.94. The molecule has 3 aromatic rings. The molecule has 1 fully saturated rings. The Morgan fingerprint density at radius 3 is 0.980 bits per heavy atom. The summed E-state index contributed by atoms with van der Waals surface area (Å²) in [6.07, 6.45) is 7.36. The highest BCUT2D eigenvalue weighted by molar-refractivity contribution is 6.91. The van der Waals surface area contributed by atoms with Gasteiger partial charge in [-0.25, -0.2) is 0 Å². The zero-order valence-electron chi connectivity index (χ0n) is 29.9. The first-order chi connectivity index (χ1) is 19.4. The Bertz CT molecular complexity index is 1090. The lowest BCUT2D eigenvalue weighted by atomic mass is 10.0. The molecule has 0 heterocycles. The molecule has 0 unspecified atom stereocenters. The molecule has 4 heteroatoms. The molecule has 3 aromatic carbocycles. The molecule has 300 valence electrons. The second-order valence-electron chi connectivity index (χ2n) is 16.3. The van der Waals surface area contributed by atoms with Crippen molar-refractivity contribution in [2.75, 3.05) is 0 Å². The fourth-order valence-electron chi connectivity index (χ4n) is 5.07. The average molecular weight is 766 g/mol. The van der Waals surface area contributed by atoms with Crippen LogP contribution in [0.5, 0.6) is 0 Å². The number of hydrogen-bond donors (Lipinski definition) is 0. The van der Waals surface area contributed by atoms with E-state index in [4.69, 9.17) is 0 Å². The van der Waals surface area contributed by atoms with E-state index < -0.39 is 32.3 Å². The van der Waals surface area contributed by atoms with Crippen LogP contribution >= 0.6 is 0 Å². The predicted molar refractivity (Wildman–Crippen MR) is 264 cm³/mol. The van der Waals surface area contributed by atoms with E-state index in [9.17, 15) is 0 Å². The molecular weight excluding hydrogens is 665 g/mol. The third-order valence-electron chi connectivity index (χ3n) is 8.74. The van der Waals surface area contributed by atoms with E-state index in [0.717, 1.165) is 11.1 Å². The fraction of sp³-hybridized carbons (Fsp3) is 0.609. The summed E-state index contributed by atoms with van der Waals surface area (Å²) in [5.74, 6) is 0. The van der Waals surface area contributed by atoms with Gasteiger partial charge in [-0.15, -0.1) is 0 Å². The van der Waals surface area contributed by atoms with Crippen molar-refractivity contribution in [1.82, 2.24) is 0 Å². The van der Waals surface area contributed by atoms with Gasteiger partial charge in [-0.3, -0.25) is 0 Å². The molecule has 1 saturated carbocycles. The van der Waals surface area contributed by atoms with E-state index in [-0.39, 0.29) is 60.8 Å². The third kappa shape index (κ3) is 26.3. The lowest BCUT2D eigenvalue weighted by molar-refractivity contribution is 0.494. The van der Waals surface area contributed by atoms with Crippen LogP contribution in [0.15, 0.2) is 91.0 Å². The summed E-state index contributed by atoms with van der Waals surface area (Å²) in [4.78, 5) is 0. The lowest BCUT2D eigenvalue weighted by Gasteiger charge is -2.35. The summed E-state index contributed by atoms with van der Waals surface area (Å²) in [7, 11) is -3.98. The van der Waals surface area contributed by atoms with Gasteiger partial charge in [0.1, 0.15) is 0 Å². The molecule has 0 radical (unpaired) electrons. The quantitative estimate of drug-likeness (QED) is 0.227. The van der Waals surface area contributed by atoms with E-state index in [2.05, 4.69) is 177 Å². The van der Waals surface area contributed by atoms with Gasteiger partial charge in [-0.05, 0) is 11.1 Å². The Morgan fingerprint density at radius 2 is 0.720 bits per heavy atom. The van der Waals surface area contributed by atoms with Crippen molar-refractivity contribution in [1.29, 1.82) is 0 Å². The monoisotopic (exact) mass is 765 g/mol. The molecule has 0 bridgehead atoms. The molecule has 0 aliphatic heterocycles. The van der Waals surface area contributed by atoms with Crippen molar-refractivity contribution < 1.29 is 1.43 Å². The Kier molecular flexibility index (Phi) is 41.5. The minimum atomic E-state index is -1.18. The molecule has 0 saturated heterocycles. The van der Waals surface area contributed by atoms with Crippen LogP contribution in [0.3, 0.4) is 0 Å². The van der Waals surface area contributed by atoms with Crippen LogP contribution in [0.2, 0.25) is 83.1 Å². The first-order valence-corrected chi connectivity index (χ1v) is 30.2. The van der Waals surface area contributed by atoms with Gasteiger partial charge in [0, 0.05) is 9.50 Å². The van der Waals surface area contributed by atoms with Gasteiger partial charge in [0.25, 0.3) is 0 Å². The van der Waals surface area contributed by atoms with Gasteiger partial charge < -0.3 is 0 Å². The number of benzene rings is 3. The summed E-state index contributed by atoms with van der Waals surface area (Å²) >= 11 is 0. The number of hydrogen-bond acceptors (Lipinski definition) is 0. The van der Waals surface area contributed by atoms with Crippen LogP contribution < -0.4 is 15.6 Å². The normalized spacial score (nSPS) is 12.1. The summed E-state index contributed by atoms with van der Waals surface area (Å²) in [5, 5.41) is 4.76. The Labute approximate surface area is 327 Å². The first-order valence-electron chi connectivity index (χ1n) is 16.5. The zero-order valence-corrected chi connectivity index (χ0v) is 33.9. The zero-order chi connectivity index (χ0) is 32.0. The standard InChI is InChI=1S/C14H22Si.C11H18Si.C9H14Si.C4H12Si.8CH4.H2/c1-15(2,13-9-5-3-6-10-13)14-11-7-4-8-12-14;1-10(2)12(3,4)11-8-6-5-7-9-11;1-10(2,3)9-7-5-4-6-8-9;1-5(2,3)4;;;;;;;;;/h3,5-6,9-10,14H,4,7-8,11-12H2,1-2H3;5-10H,1-4H3;4-8H,1-3H3;1-4H3;8*1H4;1H. The largest absolute Gasteiger partial charge is 0.0836 e. The van der Waals surface area contributed by atoms with Gasteiger partial charge in [-0.1, -0.05) is 284 Å². The van der Waals surface area contributed by atoms with E-state index in [1.165, 1.54) is 37.3 Å². The van der Waals surface area contributed by atoms with Crippen LogP contribution in [0.1, 0.15) is 107 Å². The van der Waals surface area contributed by atoms with Crippen LogP contribution in [0, 0.1) is 0 Å². The van der Waals surface area contributed by atoms with Crippen molar-refractivity contribution >= 4 is 47.9 Å². The van der Waals surface area contributed by atoms with Crippen molar-refractivity contribution in [3.05, 3.63) is 91.0 Å². The van der Waals surface area contributed by atoms with Gasteiger partial charge in [-0.2, -0.15) is 0 Å². The highest BCUT2D eigenvalue weighted by atomic mass is 28.3. The maximum Gasteiger partial charge on any atom is 0.0836 e. The second-order valence-corrected chi connectivity index (χ2v) is 37.4. The van der Waals surface area contributed by atoms with Gasteiger partial charge in [0.2, 0.25) is 0 Å². The van der Waals surface area contributed by atoms with Crippen LogP contribution in [-0.4, -0.2) is 32.3 Å². The Morgan fingerprint density at radius 1 is 0.440 bits per heavy atom. The molecule has 0 spiro atoms. The van der Waals surface area contributed by atoms with Crippen LogP contribution in [0.4, 0.5) is 0 Å². The lowest BCUT2D eigenvalue weighted by Crippen LogP contribution is -2.46.